The van der Waals surface area contributed by atoms with E-state index in [0.717, 1.165) is 6.42 Å². The van der Waals surface area contributed by atoms with Crippen LogP contribution in [0.25, 0.3) is 0 Å². The van der Waals surface area contributed by atoms with Gasteiger partial charge in [0.25, 0.3) is 0 Å². The van der Waals surface area contributed by atoms with Crippen LogP contribution in [0.3, 0.4) is 0 Å². The largest absolute Gasteiger partial charge is 0.324 e. The summed E-state index contributed by atoms with van der Waals surface area (Å²) in [4.78, 5) is 0. The van der Waals surface area contributed by atoms with Crippen LogP contribution in [-0.4, -0.2) is 6.04 Å². The van der Waals surface area contributed by atoms with E-state index in [1.165, 1.54) is 5.57 Å². The molecule has 2 N–H and O–H groups in total. The van der Waals surface area contributed by atoms with E-state index >= 15 is 0 Å². The van der Waals surface area contributed by atoms with E-state index in [9.17, 15) is 0 Å². The van der Waals surface area contributed by atoms with Gasteiger partial charge in [-0.3, -0.25) is 0 Å². The molecule has 0 aromatic heterocycles. The highest BCUT2D eigenvalue weighted by Crippen LogP contribution is 2.04. The molecular weight excluding hydrogens is 122 g/mol. The lowest BCUT2D eigenvalue weighted by atomic mass is 10.0. The van der Waals surface area contributed by atoms with Crippen LogP contribution < -0.4 is 5.73 Å². The average Bonchev–Trinajstić information content (AvgIpc) is 1.58. The molecule has 0 amide bonds. The topological polar surface area (TPSA) is 26.0 Å². The van der Waals surface area contributed by atoms with E-state index in [4.69, 9.17) is 5.73 Å². The van der Waals surface area contributed by atoms with Gasteiger partial charge in [-0.1, -0.05) is 25.5 Å². The van der Waals surface area contributed by atoms with E-state index in [-0.39, 0.29) is 6.04 Å². The van der Waals surface area contributed by atoms with Gasteiger partial charge in [-0.2, -0.15) is 0 Å². The molecule has 0 fully saturated rings. The molecule has 0 aromatic rings. The summed E-state index contributed by atoms with van der Waals surface area (Å²) in [6, 6.07) is 0.255. The van der Waals surface area contributed by atoms with E-state index in [0.29, 0.717) is 5.92 Å². The molecule has 0 aliphatic carbocycles. The van der Waals surface area contributed by atoms with Crippen LogP contribution in [0.2, 0.25) is 0 Å². The van der Waals surface area contributed by atoms with Gasteiger partial charge in [0.15, 0.2) is 0 Å². The van der Waals surface area contributed by atoms with Crippen molar-refractivity contribution in [2.75, 3.05) is 0 Å². The number of allylic oxidation sites excluding steroid dienone is 1. The molecule has 0 rings (SSSR count). The number of rotatable bonds is 3. The first-order valence-corrected chi connectivity index (χ1v) is 3.93. The highest BCUT2D eigenvalue weighted by atomic mass is 14.6. The highest BCUT2D eigenvalue weighted by molar-refractivity contribution is 4.99. The molecule has 1 heteroatoms. The van der Waals surface area contributed by atoms with Crippen molar-refractivity contribution in [1.82, 2.24) is 0 Å². The van der Waals surface area contributed by atoms with Crippen LogP contribution in [0.1, 0.15) is 34.1 Å². The Balaban J connectivity index is 3.64. The standard InChI is InChI=1S/C9H19N/c1-7(2)5-9(10)6-8(3)4/h5,8-9H,6,10H2,1-4H3. The number of nitrogens with two attached hydrogens (primary N) is 1. The van der Waals surface area contributed by atoms with Gasteiger partial charge in [0.05, 0.1) is 0 Å². The SMILES string of the molecule is CC(C)=CC(N)CC(C)C. The molecule has 0 aliphatic heterocycles. The molecule has 10 heavy (non-hydrogen) atoms. The third-order valence-electron chi connectivity index (χ3n) is 1.29. The molecular formula is C9H19N. The zero-order valence-corrected chi connectivity index (χ0v) is 7.52. The van der Waals surface area contributed by atoms with Gasteiger partial charge >= 0.3 is 0 Å². The average molecular weight is 141 g/mol. The van der Waals surface area contributed by atoms with Crippen LogP contribution >= 0.6 is 0 Å². The van der Waals surface area contributed by atoms with Crippen LogP contribution in [0.5, 0.6) is 0 Å². The predicted molar refractivity (Wildman–Crippen MR) is 46.9 cm³/mol. The van der Waals surface area contributed by atoms with Crippen LogP contribution in [0.15, 0.2) is 11.6 Å². The molecule has 1 nitrogen and oxygen atoms in total. The van der Waals surface area contributed by atoms with Gasteiger partial charge in [-0.05, 0) is 26.2 Å². The highest BCUT2D eigenvalue weighted by Gasteiger charge is 2.00. The van der Waals surface area contributed by atoms with Crippen molar-refractivity contribution in [3.05, 3.63) is 11.6 Å². The molecule has 1 unspecified atom stereocenters. The summed E-state index contributed by atoms with van der Waals surface area (Å²) in [5.74, 6) is 0.700. The smallest absolute Gasteiger partial charge is 0.0228 e. The molecule has 1 atom stereocenters. The van der Waals surface area contributed by atoms with E-state index in [1.54, 1.807) is 0 Å². The number of hydrogen-bond acceptors (Lipinski definition) is 1. The molecule has 0 heterocycles. The maximum absolute atomic E-state index is 5.80. The Hall–Kier alpha value is -0.300. The maximum atomic E-state index is 5.80. The van der Waals surface area contributed by atoms with E-state index in [2.05, 4.69) is 33.8 Å². The second-order valence-electron chi connectivity index (χ2n) is 3.54. The first-order chi connectivity index (χ1) is 4.52. The summed E-state index contributed by atoms with van der Waals surface area (Å²) in [6.07, 6.45) is 3.21. The van der Waals surface area contributed by atoms with Gasteiger partial charge < -0.3 is 5.73 Å². The lowest BCUT2D eigenvalue weighted by Crippen LogP contribution is -2.19. The summed E-state index contributed by atoms with van der Waals surface area (Å²) in [5.41, 5.74) is 7.11. The third-order valence-corrected chi connectivity index (χ3v) is 1.29. The second-order valence-corrected chi connectivity index (χ2v) is 3.54. The minimum Gasteiger partial charge on any atom is -0.324 e. The lowest BCUT2D eigenvalue weighted by Gasteiger charge is -2.09. The fourth-order valence-corrected chi connectivity index (χ4v) is 1.04. The van der Waals surface area contributed by atoms with E-state index < -0.39 is 0 Å². The summed E-state index contributed by atoms with van der Waals surface area (Å²) < 4.78 is 0. The van der Waals surface area contributed by atoms with Crippen molar-refractivity contribution in [3.8, 4) is 0 Å². The molecule has 0 spiro atoms. The third kappa shape index (κ3) is 5.83. The summed E-state index contributed by atoms with van der Waals surface area (Å²) in [6.45, 7) is 8.55. The van der Waals surface area contributed by atoms with Crippen LogP contribution in [0, 0.1) is 5.92 Å². The Morgan fingerprint density at radius 1 is 1.40 bits per heavy atom. The predicted octanol–water partition coefficient (Wildman–Crippen LogP) is 2.33. The zero-order chi connectivity index (χ0) is 8.15. The van der Waals surface area contributed by atoms with Gasteiger partial charge in [-0.25, -0.2) is 0 Å². The van der Waals surface area contributed by atoms with Crippen molar-refractivity contribution < 1.29 is 0 Å². The lowest BCUT2D eigenvalue weighted by molar-refractivity contribution is 0.545. The molecule has 0 radical (unpaired) electrons. The van der Waals surface area contributed by atoms with Crippen molar-refractivity contribution in [3.63, 3.8) is 0 Å². The number of hydrogen-bond donors (Lipinski definition) is 1. The van der Waals surface area contributed by atoms with Crippen molar-refractivity contribution in [1.29, 1.82) is 0 Å². The van der Waals surface area contributed by atoms with Crippen molar-refractivity contribution in [2.45, 2.75) is 40.2 Å². The van der Waals surface area contributed by atoms with E-state index in [1.807, 2.05) is 0 Å². The Bertz CT molecular complexity index is 110. The quantitative estimate of drug-likeness (QED) is 0.600. The van der Waals surface area contributed by atoms with Gasteiger partial charge in [0.1, 0.15) is 0 Å². The molecule has 0 bridgehead atoms. The Morgan fingerprint density at radius 2 is 1.90 bits per heavy atom. The summed E-state index contributed by atoms with van der Waals surface area (Å²) in [5, 5.41) is 0. The first-order valence-electron chi connectivity index (χ1n) is 3.93. The molecule has 0 aromatic carbocycles. The Kier molecular flexibility index (Phi) is 4.37. The minimum absolute atomic E-state index is 0.255. The fourth-order valence-electron chi connectivity index (χ4n) is 1.04. The zero-order valence-electron chi connectivity index (χ0n) is 7.52. The Morgan fingerprint density at radius 3 is 2.20 bits per heavy atom. The van der Waals surface area contributed by atoms with Gasteiger partial charge in [0, 0.05) is 6.04 Å². The summed E-state index contributed by atoms with van der Waals surface area (Å²) >= 11 is 0. The molecule has 0 aliphatic rings. The summed E-state index contributed by atoms with van der Waals surface area (Å²) in [7, 11) is 0. The Labute approximate surface area is 64.3 Å². The molecule has 60 valence electrons. The van der Waals surface area contributed by atoms with Gasteiger partial charge in [0.2, 0.25) is 0 Å². The first kappa shape index (κ1) is 9.70. The van der Waals surface area contributed by atoms with Gasteiger partial charge in [-0.15, -0.1) is 0 Å². The van der Waals surface area contributed by atoms with Crippen LogP contribution in [-0.2, 0) is 0 Å². The molecule has 0 saturated carbocycles. The maximum Gasteiger partial charge on any atom is 0.0228 e. The second kappa shape index (κ2) is 4.51. The minimum atomic E-state index is 0.255. The van der Waals surface area contributed by atoms with Crippen molar-refractivity contribution in [2.24, 2.45) is 11.7 Å². The molecule has 0 saturated heterocycles. The van der Waals surface area contributed by atoms with Crippen LogP contribution in [0.4, 0.5) is 0 Å². The normalized spacial score (nSPS) is 13.4. The fraction of sp³-hybridized carbons (Fsp3) is 0.778. The van der Waals surface area contributed by atoms with Crippen molar-refractivity contribution >= 4 is 0 Å². The monoisotopic (exact) mass is 141 g/mol.